The van der Waals surface area contributed by atoms with Gasteiger partial charge in [-0.3, -0.25) is 72.1 Å². The van der Waals surface area contributed by atoms with Gasteiger partial charge in [0.05, 0.1) is 38.8 Å². The van der Waals surface area contributed by atoms with E-state index in [0.29, 0.717) is 103 Å². The summed E-state index contributed by atoms with van der Waals surface area (Å²) in [6, 6.07) is 0.630. The molecule has 1 saturated heterocycles. The van der Waals surface area contributed by atoms with Gasteiger partial charge in [-0.05, 0) is 82.5 Å². The number of primary amides is 1. The number of carboxylic acids is 2. The van der Waals surface area contributed by atoms with E-state index in [0.717, 1.165) is 11.4 Å². The Morgan fingerprint density at radius 3 is 1.39 bits per heavy atom. The first kappa shape index (κ1) is 78.9. The first-order chi connectivity index (χ1) is 46.0. The molecule has 0 spiro atoms. The van der Waals surface area contributed by atoms with Crippen LogP contribution in [0.5, 0.6) is 5.75 Å². The molecular formula is C62H96N18O16. The molecular weight excluding hydrogens is 1250 g/mol. The number of carbonyl (C=O) groups is 13. The van der Waals surface area contributed by atoms with Gasteiger partial charge in [0.1, 0.15) is 29.9 Å². The maximum Gasteiger partial charge on any atom is 0.317 e. The lowest BCUT2D eigenvalue weighted by atomic mass is 10.0. The topological polar surface area (TPSA) is 496 Å². The first-order valence-corrected chi connectivity index (χ1v) is 32.4. The van der Waals surface area contributed by atoms with Gasteiger partial charge in [-0.15, -0.1) is 0 Å². The Morgan fingerprint density at radius 1 is 0.479 bits per heavy atom. The summed E-state index contributed by atoms with van der Waals surface area (Å²) < 4.78 is 0. The van der Waals surface area contributed by atoms with Crippen LogP contribution in [0, 0.1) is 0 Å². The second-order valence-electron chi connectivity index (χ2n) is 23.3. The number of nitrogens with one attached hydrogen (secondary N) is 12. The number of carbonyl (C=O) groups excluding carboxylic acids is 11. The van der Waals surface area contributed by atoms with Gasteiger partial charge in [-0.2, -0.15) is 0 Å². The predicted molar refractivity (Wildman–Crippen MR) is 346 cm³/mol. The van der Waals surface area contributed by atoms with Crippen LogP contribution in [0.25, 0.3) is 0 Å². The Kier molecular flexibility index (Phi) is 36.9. The number of rotatable bonds is 46. The minimum Gasteiger partial charge on any atom is -0.508 e. The average molecular weight is 1350 g/mol. The number of H-pyrrole nitrogens is 2. The van der Waals surface area contributed by atoms with Gasteiger partial charge in [0.25, 0.3) is 0 Å². The van der Waals surface area contributed by atoms with Gasteiger partial charge in [0.2, 0.25) is 65.0 Å². The molecule has 0 aliphatic carbocycles. The zero-order chi connectivity index (χ0) is 70.0. The lowest BCUT2D eigenvalue weighted by Crippen LogP contribution is -2.58. The van der Waals surface area contributed by atoms with Gasteiger partial charge in [0, 0.05) is 141 Å². The number of benzene rings is 1. The van der Waals surface area contributed by atoms with Gasteiger partial charge >= 0.3 is 11.9 Å². The molecule has 34 nitrogen and oxygen atoms in total. The Balaban J connectivity index is 1.32. The van der Waals surface area contributed by atoms with Crippen molar-refractivity contribution >= 4 is 76.9 Å². The van der Waals surface area contributed by atoms with Crippen LogP contribution >= 0.6 is 0 Å². The quantitative estimate of drug-likeness (QED) is 0.0245. The molecule has 3 aromatic rings. The van der Waals surface area contributed by atoms with E-state index in [9.17, 15) is 77.6 Å². The van der Waals surface area contributed by atoms with Gasteiger partial charge < -0.3 is 89.1 Å². The van der Waals surface area contributed by atoms with Crippen molar-refractivity contribution in [3.63, 3.8) is 0 Å². The highest BCUT2D eigenvalue weighted by molar-refractivity contribution is 5.95. The third-order valence-corrected chi connectivity index (χ3v) is 15.4. The second kappa shape index (κ2) is 44.9. The second-order valence-corrected chi connectivity index (χ2v) is 23.3. The Hall–Kier alpha value is -9.57. The highest BCUT2D eigenvalue weighted by Gasteiger charge is 2.31. The minimum atomic E-state index is -1.40. The molecule has 1 aliphatic heterocycles. The van der Waals surface area contributed by atoms with E-state index in [1.165, 1.54) is 43.8 Å². The number of hydrogen-bond acceptors (Lipinski definition) is 19. The fourth-order valence-electron chi connectivity index (χ4n) is 9.96. The number of phenols is 1. The van der Waals surface area contributed by atoms with E-state index in [1.54, 1.807) is 22.2 Å². The molecule has 0 saturated carbocycles. The normalized spacial score (nSPS) is 14.1. The molecule has 1 fully saturated rings. The molecule has 4 rings (SSSR count). The van der Waals surface area contributed by atoms with Crippen molar-refractivity contribution in [2.24, 2.45) is 5.73 Å². The van der Waals surface area contributed by atoms with Crippen LogP contribution in [-0.4, -0.2) is 249 Å². The molecule has 2 aromatic heterocycles. The van der Waals surface area contributed by atoms with E-state index in [2.05, 4.69) is 78.0 Å². The summed E-state index contributed by atoms with van der Waals surface area (Å²) in [6.45, 7) is 4.80. The maximum atomic E-state index is 14.4. The van der Waals surface area contributed by atoms with Crippen LogP contribution in [0.1, 0.15) is 114 Å². The molecule has 530 valence electrons. The van der Waals surface area contributed by atoms with Crippen molar-refractivity contribution in [1.29, 1.82) is 0 Å². The summed E-state index contributed by atoms with van der Waals surface area (Å²) in [5.74, 6) is -8.51. The summed E-state index contributed by atoms with van der Waals surface area (Å²) in [5.41, 5.74) is 7.91. The number of nitrogens with zero attached hydrogens (tertiary/aromatic N) is 5. The number of aromatic nitrogens is 4. The monoisotopic (exact) mass is 1350 g/mol. The number of unbranched alkanes of at least 4 members (excludes halogenated alkanes) is 4. The SMILES string of the molecule is C[C@@H](NC(=O)CCCCCN1CCN(CC(=O)O)CCN(CC(=O)O)CC1)C(=O)N[C@H](CCCCNC(=O)CNC(=O)CCC(=O)NCCc1cnc[nH]1)C(=O)N[C@H](Cc1ccc(O)cc1)C(=O)N[C@H](CCCCNC(=O)CNC(=O)CCC(=O)NCCc1cnc[nH]1)C(N)=O. The van der Waals surface area contributed by atoms with E-state index >= 15 is 0 Å². The third-order valence-electron chi connectivity index (χ3n) is 15.4. The van der Waals surface area contributed by atoms with E-state index in [-0.39, 0.29) is 127 Å². The minimum absolute atomic E-state index is 0.0153. The summed E-state index contributed by atoms with van der Waals surface area (Å²) in [4.78, 5) is 185. The molecule has 34 heteroatoms. The molecule has 0 bridgehead atoms. The zero-order valence-electron chi connectivity index (χ0n) is 54.5. The van der Waals surface area contributed by atoms with Crippen LogP contribution in [0.4, 0.5) is 0 Å². The van der Waals surface area contributed by atoms with E-state index < -0.39 is 89.3 Å². The van der Waals surface area contributed by atoms with Crippen molar-refractivity contribution in [3.8, 4) is 5.75 Å². The van der Waals surface area contributed by atoms with Crippen molar-refractivity contribution in [1.82, 2.24) is 87.8 Å². The Labute approximate surface area is 556 Å². The van der Waals surface area contributed by atoms with Crippen LogP contribution < -0.4 is 58.9 Å². The molecule has 17 N–H and O–H groups in total. The van der Waals surface area contributed by atoms with E-state index in [1.807, 2.05) is 0 Å². The molecule has 0 radical (unpaired) electrons. The number of amides is 11. The molecule has 0 unspecified atom stereocenters. The predicted octanol–water partition coefficient (Wildman–Crippen LogP) is -3.44. The third kappa shape index (κ3) is 35.1. The summed E-state index contributed by atoms with van der Waals surface area (Å²) >= 11 is 0. The number of carboxylic acid groups (broad SMARTS) is 2. The largest absolute Gasteiger partial charge is 0.508 e. The Morgan fingerprint density at radius 2 is 0.917 bits per heavy atom. The van der Waals surface area contributed by atoms with E-state index in [4.69, 9.17) is 5.73 Å². The fraction of sp³-hybridized carbons (Fsp3) is 0.597. The van der Waals surface area contributed by atoms with Gasteiger partial charge in [0.15, 0.2) is 0 Å². The number of imidazole rings is 2. The number of aromatic hydroxyl groups is 1. The number of hydrogen-bond donors (Lipinski definition) is 16. The van der Waals surface area contributed by atoms with Crippen molar-refractivity contribution in [2.75, 3.05) is 98.2 Å². The Bertz CT molecular complexity index is 2930. The van der Waals surface area contributed by atoms with Crippen LogP contribution in [-0.2, 0) is 81.6 Å². The number of phenolic OH excluding ortho intramolecular Hbond substituents is 1. The maximum absolute atomic E-state index is 14.4. The van der Waals surface area contributed by atoms with Crippen molar-refractivity contribution in [3.05, 3.63) is 66.3 Å². The number of aliphatic carboxylic acids is 2. The molecule has 4 atom stereocenters. The summed E-state index contributed by atoms with van der Waals surface area (Å²) in [6.07, 6.45) is 9.60. The highest BCUT2D eigenvalue weighted by Crippen LogP contribution is 2.14. The van der Waals surface area contributed by atoms with Crippen LogP contribution in [0.3, 0.4) is 0 Å². The van der Waals surface area contributed by atoms with Crippen molar-refractivity contribution < 1.29 is 77.6 Å². The number of nitrogens with two attached hydrogens (primary N) is 1. The molecule has 3 heterocycles. The first-order valence-electron chi connectivity index (χ1n) is 32.4. The van der Waals surface area contributed by atoms with Gasteiger partial charge in [-0.25, -0.2) is 9.97 Å². The standard InChI is InChI=1S/C62H96N18O16/c1-42(74-54(86)11-3-2-8-26-78-27-29-79(38-57(89)90)31-32-80(30-28-78)39-58(91)92)60(94)76-48(10-5-7-23-67-56(88)37-71-53(85)19-17-51(83)69-25-21-45-35-65-41-73-45)61(95)77-49(33-43-12-14-46(81)15-13-43)62(96)75-47(59(63)93)9-4-6-22-66-55(87)36-70-52(84)18-16-50(82)68-24-20-44-34-64-40-72-44/h12-15,34-35,40-42,47-49,81H,2-11,16-33,36-39H2,1H3,(H2,63,93)(H,64,72)(H,65,73)(H,66,87)(H,67,88)(H,68,82)(H,69,83)(H,70,84)(H,71,85)(H,74,86)(H,75,96)(H,76,94)(H,77,95)(H,89,90)(H,91,92)/t42-,47-,48-,49-/m1/s1. The van der Waals surface area contributed by atoms with Crippen molar-refractivity contribution in [2.45, 2.75) is 140 Å². The average Bonchev–Trinajstić information content (AvgIpc) is 1.04. The highest BCUT2D eigenvalue weighted by atomic mass is 16.4. The smallest absolute Gasteiger partial charge is 0.317 e. The molecule has 1 aromatic carbocycles. The van der Waals surface area contributed by atoms with Gasteiger partial charge in [-0.1, -0.05) is 18.6 Å². The zero-order valence-corrected chi connectivity index (χ0v) is 54.5. The molecule has 96 heavy (non-hydrogen) atoms. The molecule has 11 amide bonds. The lowest BCUT2D eigenvalue weighted by molar-refractivity contribution is -0.140. The lowest BCUT2D eigenvalue weighted by Gasteiger charge is -2.26. The summed E-state index contributed by atoms with van der Waals surface area (Å²) in [5, 5.41) is 55.2. The molecule has 1 aliphatic rings. The van der Waals surface area contributed by atoms with Crippen LogP contribution in [0.2, 0.25) is 0 Å². The fourth-order valence-corrected chi connectivity index (χ4v) is 9.96. The number of aromatic amines is 2. The summed E-state index contributed by atoms with van der Waals surface area (Å²) in [7, 11) is 0. The van der Waals surface area contributed by atoms with Crippen LogP contribution in [0.15, 0.2) is 49.3 Å².